The summed E-state index contributed by atoms with van der Waals surface area (Å²) in [7, 11) is 0. The third-order valence-corrected chi connectivity index (χ3v) is 5.28. The van der Waals surface area contributed by atoms with Crippen LogP contribution in [0.4, 0.5) is 11.4 Å². The highest BCUT2D eigenvalue weighted by atomic mass is 16.6. The molecule has 1 aromatic heterocycles. The summed E-state index contributed by atoms with van der Waals surface area (Å²) in [5, 5.41) is 16.6. The minimum Gasteiger partial charge on any atom is -0.459 e. The van der Waals surface area contributed by atoms with E-state index >= 15 is 0 Å². The van der Waals surface area contributed by atoms with E-state index in [9.17, 15) is 29.3 Å². The van der Waals surface area contributed by atoms with Gasteiger partial charge in [-0.25, -0.2) is 0 Å². The van der Waals surface area contributed by atoms with Gasteiger partial charge < -0.3 is 15.1 Å². The number of nitrogens with zero attached hydrogens (tertiary/aromatic N) is 2. The molecule has 0 spiro atoms. The van der Waals surface area contributed by atoms with E-state index in [1.165, 1.54) is 31.4 Å². The molecule has 0 fully saturated rings. The summed E-state index contributed by atoms with van der Waals surface area (Å²) < 4.78 is 5.05. The molecule has 1 aliphatic rings. The molecule has 11 nitrogen and oxygen atoms in total. The summed E-state index contributed by atoms with van der Waals surface area (Å²) in [5.41, 5.74) is 0.208. The van der Waals surface area contributed by atoms with Gasteiger partial charge in [0.1, 0.15) is 11.6 Å². The molecule has 0 bridgehead atoms. The maximum atomic E-state index is 12.8. The van der Waals surface area contributed by atoms with E-state index in [-0.39, 0.29) is 23.4 Å². The molecule has 4 rings (SSSR count). The number of furan rings is 1. The molecule has 2 aromatic carbocycles. The zero-order chi connectivity index (χ0) is 24.4. The minimum absolute atomic E-state index is 0.0525. The van der Waals surface area contributed by atoms with Crippen molar-refractivity contribution < 1.29 is 28.5 Å². The van der Waals surface area contributed by atoms with Gasteiger partial charge in [0.05, 0.1) is 16.7 Å². The van der Waals surface area contributed by atoms with E-state index in [2.05, 4.69) is 10.6 Å². The summed E-state index contributed by atoms with van der Waals surface area (Å²) in [6.07, 6.45) is 1.38. The van der Waals surface area contributed by atoms with Crippen molar-refractivity contribution in [2.75, 3.05) is 5.32 Å². The van der Waals surface area contributed by atoms with Crippen LogP contribution in [0.5, 0.6) is 0 Å². The minimum atomic E-state index is -1.20. The van der Waals surface area contributed by atoms with Crippen molar-refractivity contribution in [1.29, 1.82) is 0 Å². The molecule has 2 heterocycles. The molecule has 0 radical (unpaired) electrons. The molecule has 11 heteroatoms. The number of hydrogen-bond donors (Lipinski definition) is 2. The first-order valence-corrected chi connectivity index (χ1v) is 10.1. The van der Waals surface area contributed by atoms with E-state index in [1.54, 1.807) is 30.3 Å². The van der Waals surface area contributed by atoms with E-state index < -0.39 is 40.3 Å². The fourth-order valence-electron chi connectivity index (χ4n) is 3.60. The first-order valence-electron chi connectivity index (χ1n) is 10.1. The quantitative estimate of drug-likeness (QED) is 0.311. The predicted octanol–water partition coefficient (Wildman–Crippen LogP) is 2.74. The number of nitro groups is 1. The summed E-state index contributed by atoms with van der Waals surface area (Å²) in [5.74, 6) is -2.57. The lowest BCUT2D eigenvalue weighted by Gasteiger charge is -2.21. The molecule has 1 unspecified atom stereocenters. The number of fused-ring (bicyclic) bond motifs is 1. The Morgan fingerprint density at radius 1 is 1.09 bits per heavy atom. The van der Waals surface area contributed by atoms with Crippen LogP contribution in [0, 0.1) is 10.1 Å². The normalized spacial score (nSPS) is 13.4. The van der Waals surface area contributed by atoms with E-state index in [0.29, 0.717) is 16.2 Å². The number of benzene rings is 2. The van der Waals surface area contributed by atoms with Gasteiger partial charge in [-0.1, -0.05) is 18.2 Å². The second-order valence-corrected chi connectivity index (χ2v) is 7.46. The Labute approximate surface area is 192 Å². The van der Waals surface area contributed by atoms with Gasteiger partial charge in [-0.3, -0.25) is 34.2 Å². The smallest absolute Gasteiger partial charge is 0.291 e. The van der Waals surface area contributed by atoms with Gasteiger partial charge in [0.2, 0.25) is 5.91 Å². The van der Waals surface area contributed by atoms with Crippen LogP contribution < -0.4 is 10.6 Å². The van der Waals surface area contributed by atoms with Crippen LogP contribution in [0.3, 0.4) is 0 Å². The summed E-state index contributed by atoms with van der Waals surface area (Å²) in [6, 6.07) is 12.4. The van der Waals surface area contributed by atoms with Crippen molar-refractivity contribution in [2.45, 2.75) is 19.5 Å². The fourth-order valence-corrected chi connectivity index (χ4v) is 3.60. The first kappa shape index (κ1) is 22.4. The Morgan fingerprint density at radius 3 is 2.56 bits per heavy atom. The van der Waals surface area contributed by atoms with Crippen molar-refractivity contribution in [3.05, 3.63) is 93.4 Å². The summed E-state index contributed by atoms with van der Waals surface area (Å²) in [4.78, 5) is 61.5. The van der Waals surface area contributed by atoms with Crippen LogP contribution in [0.2, 0.25) is 0 Å². The number of carbonyl (C=O) groups excluding carboxylic acids is 4. The SMILES string of the molecule is CC(C(=O)NCc1cccc(NC(=O)c2ccco2)c1)N1C(=O)c2cccc([N+](=O)[O-])c2C1=O. The van der Waals surface area contributed by atoms with E-state index in [1.807, 2.05) is 0 Å². The van der Waals surface area contributed by atoms with Gasteiger partial charge >= 0.3 is 0 Å². The van der Waals surface area contributed by atoms with Crippen LogP contribution in [0.15, 0.2) is 65.3 Å². The Kier molecular flexibility index (Phi) is 5.92. The van der Waals surface area contributed by atoms with Crippen LogP contribution in [0.1, 0.15) is 43.8 Å². The molecule has 1 atom stereocenters. The van der Waals surface area contributed by atoms with Crippen molar-refractivity contribution in [3.8, 4) is 0 Å². The number of amides is 4. The zero-order valence-electron chi connectivity index (χ0n) is 17.8. The molecular formula is C23H18N4O7. The standard InChI is InChI=1S/C23H18N4O7/c1-13(26-22(30)16-7-3-8-17(27(32)33)19(16)23(26)31)20(28)24-12-14-5-2-6-15(11-14)25-21(29)18-9-4-10-34-18/h2-11,13H,12H2,1H3,(H,24,28)(H,25,29). The van der Waals surface area contributed by atoms with Crippen LogP contribution in [0.25, 0.3) is 0 Å². The lowest BCUT2D eigenvalue weighted by molar-refractivity contribution is -0.385. The Hall–Kier alpha value is -4.80. The summed E-state index contributed by atoms with van der Waals surface area (Å²) >= 11 is 0. The molecule has 0 saturated heterocycles. The second kappa shape index (κ2) is 8.98. The first-order chi connectivity index (χ1) is 16.3. The Balaban J connectivity index is 1.42. The molecule has 3 aromatic rings. The molecule has 4 amide bonds. The van der Waals surface area contributed by atoms with E-state index in [4.69, 9.17) is 4.42 Å². The monoisotopic (exact) mass is 462 g/mol. The second-order valence-electron chi connectivity index (χ2n) is 7.46. The number of nitro benzene ring substituents is 1. The lowest BCUT2D eigenvalue weighted by atomic mass is 10.1. The maximum Gasteiger partial charge on any atom is 0.291 e. The van der Waals surface area contributed by atoms with Crippen molar-refractivity contribution >= 4 is 35.0 Å². The third kappa shape index (κ3) is 4.13. The highest BCUT2D eigenvalue weighted by Crippen LogP contribution is 2.31. The molecule has 34 heavy (non-hydrogen) atoms. The largest absolute Gasteiger partial charge is 0.459 e. The molecule has 172 valence electrons. The molecule has 1 aliphatic heterocycles. The maximum absolute atomic E-state index is 12.8. The number of rotatable bonds is 7. The molecular weight excluding hydrogens is 444 g/mol. The highest BCUT2D eigenvalue weighted by Gasteiger charge is 2.44. The number of nitrogens with one attached hydrogen (secondary N) is 2. The lowest BCUT2D eigenvalue weighted by Crippen LogP contribution is -2.47. The number of carbonyl (C=O) groups is 4. The third-order valence-electron chi connectivity index (χ3n) is 5.28. The van der Waals surface area contributed by atoms with Crippen molar-refractivity contribution in [3.63, 3.8) is 0 Å². The van der Waals surface area contributed by atoms with Crippen molar-refractivity contribution in [2.24, 2.45) is 0 Å². The molecule has 2 N–H and O–H groups in total. The van der Waals surface area contributed by atoms with Crippen molar-refractivity contribution in [1.82, 2.24) is 10.2 Å². The average Bonchev–Trinajstić information content (AvgIpc) is 3.45. The van der Waals surface area contributed by atoms with Crippen LogP contribution >= 0.6 is 0 Å². The molecule has 0 aliphatic carbocycles. The number of imide groups is 1. The topological polar surface area (TPSA) is 152 Å². The highest BCUT2D eigenvalue weighted by molar-refractivity contribution is 6.24. The van der Waals surface area contributed by atoms with Crippen LogP contribution in [-0.4, -0.2) is 39.5 Å². The zero-order valence-corrected chi connectivity index (χ0v) is 17.8. The fraction of sp³-hybridized carbons (Fsp3) is 0.130. The van der Waals surface area contributed by atoms with Crippen LogP contribution in [-0.2, 0) is 11.3 Å². The van der Waals surface area contributed by atoms with Gasteiger partial charge in [0.25, 0.3) is 23.4 Å². The number of anilines is 1. The Bertz CT molecular complexity index is 1320. The van der Waals surface area contributed by atoms with Gasteiger partial charge in [-0.15, -0.1) is 0 Å². The predicted molar refractivity (Wildman–Crippen MR) is 118 cm³/mol. The van der Waals surface area contributed by atoms with E-state index in [0.717, 1.165) is 6.07 Å². The Morgan fingerprint density at radius 2 is 1.85 bits per heavy atom. The number of hydrogen-bond acceptors (Lipinski definition) is 7. The van der Waals surface area contributed by atoms with Gasteiger partial charge in [0, 0.05) is 18.3 Å². The van der Waals surface area contributed by atoms with Gasteiger partial charge in [-0.2, -0.15) is 0 Å². The summed E-state index contributed by atoms with van der Waals surface area (Å²) in [6.45, 7) is 1.42. The van der Waals surface area contributed by atoms with Gasteiger partial charge in [0.15, 0.2) is 5.76 Å². The average molecular weight is 462 g/mol. The molecule has 0 saturated carbocycles. The van der Waals surface area contributed by atoms with Gasteiger partial charge in [-0.05, 0) is 42.8 Å².